The topological polar surface area (TPSA) is 51.2 Å². The molecule has 0 bridgehead atoms. The van der Waals surface area contributed by atoms with Gasteiger partial charge in [-0.3, -0.25) is 0 Å². The number of carbonyl (C=O) groups is 1. The summed E-state index contributed by atoms with van der Waals surface area (Å²) < 4.78 is 4.60. The highest BCUT2D eigenvalue weighted by atomic mass is 35.5. The third kappa shape index (κ3) is 3.62. The number of carbonyl (C=O) groups excluding carboxylic acids is 1. The number of anilines is 1. The SMILES string of the molecule is COC(=O)c1ccc(NCc2ccc(Cl)c(Cl)c2)nc1. The Labute approximate surface area is 126 Å². The van der Waals surface area contributed by atoms with Gasteiger partial charge in [0.05, 0.1) is 22.7 Å². The summed E-state index contributed by atoms with van der Waals surface area (Å²) in [6.07, 6.45) is 1.46. The van der Waals surface area contributed by atoms with Gasteiger partial charge in [0.2, 0.25) is 0 Å². The number of benzene rings is 1. The highest BCUT2D eigenvalue weighted by Gasteiger charge is 2.05. The fraction of sp³-hybridized carbons (Fsp3) is 0.143. The molecule has 2 aromatic rings. The maximum absolute atomic E-state index is 11.3. The van der Waals surface area contributed by atoms with E-state index in [1.807, 2.05) is 6.07 Å². The number of ether oxygens (including phenoxy) is 1. The molecule has 20 heavy (non-hydrogen) atoms. The number of esters is 1. The van der Waals surface area contributed by atoms with Gasteiger partial charge in [0.1, 0.15) is 5.82 Å². The maximum Gasteiger partial charge on any atom is 0.339 e. The number of methoxy groups -OCH3 is 1. The first-order valence-electron chi connectivity index (χ1n) is 5.82. The highest BCUT2D eigenvalue weighted by molar-refractivity contribution is 6.42. The summed E-state index contributed by atoms with van der Waals surface area (Å²) in [5.74, 6) is 0.247. The Hall–Kier alpha value is -1.78. The molecule has 1 N–H and O–H groups in total. The average Bonchev–Trinajstić information content (AvgIpc) is 2.48. The molecule has 0 unspecified atom stereocenters. The van der Waals surface area contributed by atoms with Crippen LogP contribution in [0.2, 0.25) is 10.0 Å². The molecule has 4 nitrogen and oxygen atoms in total. The third-order valence-corrected chi connectivity index (χ3v) is 3.38. The predicted molar refractivity (Wildman–Crippen MR) is 79.4 cm³/mol. The smallest absolute Gasteiger partial charge is 0.339 e. The fourth-order valence-corrected chi connectivity index (χ4v) is 1.90. The standard InChI is InChI=1S/C14H12Cl2N2O2/c1-20-14(19)10-3-5-13(18-8-10)17-7-9-2-4-11(15)12(16)6-9/h2-6,8H,7H2,1H3,(H,17,18). The number of pyridine rings is 1. The molecule has 0 aliphatic rings. The zero-order chi connectivity index (χ0) is 14.5. The number of rotatable bonds is 4. The summed E-state index contributed by atoms with van der Waals surface area (Å²) in [5.41, 5.74) is 1.39. The van der Waals surface area contributed by atoms with Crippen LogP contribution in [-0.2, 0) is 11.3 Å². The number of nitrogens with zero attached hydrogens (tertiary/aromatic N) is 1. The van der Waals surface area contributed by atoms with Gasteiger partial charge in [-0.25, -0.2) is 9.78 Å². The van der Waals surface area contributed by atoms with Crippen LogP contribution in [0, 0.1) is 0 Å². The first-order chi connectivity index (χ1) is 9.60. The van der Waals surface area contributed by atoms with Crippen molar-refractivity contribution in [2.75, 3.05) is 12.4 Å². The van der Waals surface area contributed by atoms with Crippen LogP contribution in [0.5, 0.6) is 0 Å². The summed E-state index contributed by atoms with van der Waals surface area (Å²) in [6, 6.07) is 8.78. The van der Waals surface area contributed by atoms with Crippen LogP contribution in [0.1, 0.15) is 15.9 Å². The number of nitrogens with one attached hydrogen (secondary N) is 1. The van der Waals surface area contributed by atoms with E-state index in [0.717, 1.165) is 5.56 Å². The molecule has 1 heterocycles. The van der Waals surface area contributed by atoms with Gasteiger partial charge < -0.3 is 10.1 Å². The fourth-order valence-electron chi connectivity index (χ4n) is 1.58. The van der Waals surface area contributed by atoms with E-state index in [9.17, 15) is 4.79 Å². The van der Waals surface area contributed by atoms with Crippen molar-refractivity contribution >= 4 is 35.0 Å². The van der Waals surface area contributed by atoms with Crippen molar-refractivity contribution in [2.24, 2.45) is 0 Å². The van der Waals surface area contributed by atoms with E-state index in [1.165, 1.54) is 13.3 Å². The second kappa shape index (κ2) is 6.59. The molecule has 1 aromatic heterocycles. The lowest BCUT2D eigenvalue weighted by Gasteiger charge is -2.07. The number of hydrogen-bond donors (Lipinski definition) is 1. The van der Waals surface area contributed by atoms with Crippen LogP contribution in [0.25, 0.3) is 0 Å². The summed E-state index contributed by atoms with van der Waals surface area (Å²) in [6.45, 7) is 0.557. The van der Waals surface area contributed by atoms with Crippen molar-refractivity contribution < 1.29 is 9.53 Å². The zero-order valence-electron chi connectivity index (χ0n) is 10.7. The highest BCUT2D eigenvalue weighted by Crippen LogP contribution is 2.22. The second-order valence-corrected chi connectivity index (χ2v) is 4.84. The molecule has 1 aromatic carbocycles. The van der Waals surface area contributed by atoms with Gasteiger partial charge in [0.25, 0.3) is 0 Å². The van der Waals surface area contributed by atoms with Crippen molar-refractivity contribution in [1.29, 1.82) is 0 Å². The van der Waals surface area contributed by atoms with Crippen LogP contribution in [-0.4, -0.2) is 18.1 Å². The van der Waals surface area contributed by atoms with Crippen LogP contribution in [0.15, 0.2) is 36.5 Å². The van der Waals surface area contributed by atoms with Gasteiger partial charge in [-0.2, -0.15) is 0 Å². The van der Waals surface area contributed by atoms with Gasteiger partial charge in [-0.1, -0.05) is 29.3 Å². The van der Waals surface area contributed by atoms with E-state index in [2.05, 4.69) is 15.0 Å². The van der Waals surface area contributed by atoms with Gasteiger partial charge in [0, 0.05) is 12.7 Å². The first kappa shape index (κ1) is 14.6. The quantitative estimate of drug-likeness (QED) is 0.873. The minimum atomic E-state index is -0.409. The summed E-state index contributed by atoms with van der Waals surface area (Å²) in [4.78, 5) is 15.4. The van der Waals surface area contributed by atoms with Gasteiger partial charge >= 0.3 is 5.97 Å². The Bertz CT molecular complexity index is 615. The lowest BCUT2D eigenvalue weighted by molar-refractivity contribution is 0.0600. The monoisotopic (exact) mass is 310 g/mol. The Morgan fingerprint density at radius 2 is 2.05 bits per heavy atom. The molecule has 0 fully saturated rings. The molecule has 2 rings (SSSR count). The van der Waals surface area contributed by atoms with Crippen LogP contribution in [0.4, 0.5) is 5.82 Å². The van der Waals surface area contributed by atoms with E-state index in [0.29, 0.717) is 28.0 Å². The molecule has 0 aliphatic carbocycles. The number of hydrogen-bond acceptors (Lipinski definition) is 4. The van der Waals surface area contributed by atoms with Gasteiger partial charge in [-0.15, -0.1) is 0 Å². The lowest BCUT2D eigenvalue weighted by atomic mass is 10.2. The van der Waals surface area contributed by atoms with Crippen LogP contribution >= 0.6 is 23.2 Å². The Kier molecular flexibility index (Phi) is 4.82. The second-order valence-electron chi connectivity index (χ2n) is 4.03. The van der Waals surface area contributed by atoms with Crippen molar-refractivity contribution in [1.82, 2.24) is 4.98 Å². The molecule has 0 saturated carbocycles. The molecule has 0 radical (unpaired) electrons. The number of halogens is 2. The molecule has 0 aliphatic heterocycles. The van der Waals surface area contributed by atoms with Crippen LogP contribution in [0.3, 0.4) is 0 Å². The minimum absolute atomic E-state index is 0.409. The van der Waals surface area contributed by atoms with E-state index in [1.54, 1.807) is 24.3 Å². The van der Waals surface area contributed by atoms with Crippen LogP contribution < -0.4 is 5.32 Å². The average molecular weight is 311 g/mol. The summed E-state index contributed by atoms with van der Waals surface area (Å²) in [5, 5.41) is 4.16. The Morgan fingerprint density at radius 3 is 2.65 bits per heavy atom. The van der Waals surface area contributed by atoms with Crippen molar-refractivity contribution in [3.63, 3.8) is 0 Å². The Morgan fingerprint density at radius 1 is 1.25 bits per heavy atom. The van der Waals surface area contributed by atoms with Gasteiger partial charge in [-0.05, 0) is 29.8 Å². The van der Waals surface area contributed by atoms with E-state index < -0.39 is 5.97 Å². The number of aromatic nitrogens is 1. The van der Waals surface area contributed by atoms with E-state index in [4.69, 9.17) is 23.2 Å². The molecule has 0 spiro atoms. The minimum Gasteiger partial charge on any atom is -0.465 e. The van der Waals surface area contributed by atoms with E-state index >= 15 is 0 Å². The molecule has 104 valence electrons. The Balaban J connectivity index is 2.00. The molecule has 0 atom stereocenters. The van der Waals surface area contributed by atoms with E-state index in [-0.39, 0.29) is 0 Å². The molecular weight excluding hydrogens is 299 g/mol. The third-order valence-electron chi connectivity index (χ3n) is 2.64. The molecule has 6 heteroatoms. The molecular formula is C14H12Cl2N2O2. The lowest BCUT2D eigenvalue weighted by Crippen LogP contribution is -2.04. The predicted octanol–water partition coefficient (Wildman–Crippen LogP) is 3.79. The van der Waals surface area contributed by atoms with Crippen molar-refractivity contribution in [3.05, 3.63) is 57.7 Å². The first-order valence-corrected chi connectivity index (χ1v) is 6.58. The van der Waals surface area contributed by atoms with Gasteiger partial charge in [0.15, 0.2) is 0 Å². The van der Waals surface area contributed by atoms with Crippen molar-refractivity contribution in [2.45, 2.75) is 6.54 Å². The normalized spacial score (nSPS) is 10.2. The van der Waals surface area contributed by atoms with Crippen molar-refractivity contribution in [3.8, 4) is 0 Å². The summed E-state index contributed by atoms with van der Waals surface area (Å²) >= 11 is 11.8. The molecule has 0 amide bonds. The largest absolute Gasteiger partial charge is 0.465 e. The maximum atomic E-state index is 11.3. The molecule has 0 saturated heterocycles. The summed E-state index contributed by atoms with van der Waals surface area (Å²) in [7, 11) is 1.33. The zero-order valence-corrected chi connectivity index (χ0v) is 12.2.